The summed E-state index contributed by atoms with van der Waals surface area (Å²) in [5, 5.41) is 11.8. The van der Waals surface area contributed by atoms with E-state index in [1.165, 1.54) is 0 Å². The van der Waals surface area contributed by atoms with E-state index in [1.54, 1.807) is 6.20 Å². The van der Waals surface area contributed by atoms with Gasteiger partial charge in [0.25, 0.3) is 0 Å². The lowest BCUT2D eigenvalue weighted by molar-refractivity contribution is -0.136. The van der Waals surface area contributed by atoms with Gasteiger partial charge in [-0.3, -0.25) is 4.79 Å². The average molecular weight is 181 g/mol. The van der Waals surface area contributed by atoms with Gasteiger partial charge in [0.15, 0.2) is 0 Å². The first-order chi connectivity index (χ1) is 6.27. The maximum Gasteiger partial charge on any atom is 0.311 e. The van der Waals surface area contributed by atoms with Crippen LogP contribution in [0, 0.1) is 0 Å². The van der Waals surface area contributed by atoms with Crippen molar-refractivity contribution in [3.8, 4) is 0 Å². The van der Waals surface area contributed by atoms with Crippen LogP contribution < -0.4 is 5.32 Å². The Hall–Kier alpha value is -1.52. The summed E-state index contributed by atoms with van der Waals surface area (Å²) in [5.74, 6) is 0.733. The number of nitrogens with zero attached hydrogens (tertiary/aromatic N) is 2. The molecule has 0 aliphatic carbocycles. The lowest BCUT2D eigenvalue weighted by Crippen LogP contribution is -2.19. The Labute approximate surface area is 75.4 Å². The number of rotatable bonds is 2. The maximum absolute atomic E-state index is 10.5. The van der Waals surface area contributed by atoms with E-state index in [-0.39, 0.29) is 6.42 Å². The van der Waals surface area contributed by atoms with Crippen molar-refractivity contribution in [2.45, 2.75) is 19.4 Å². The number of hydrogen-bond donors (Lipinski definition) is 2. The van der Waals surface area contributed by atoms with Crippen molar-refractivity contribution < 1.29 is 9.90 Å². The van der Waals surface area contributed by atoms with E-state index in [9.17, 15) is 4.79 Å². The Bertz CT molecular complexity index is 332. The number of hydrogen-bond acceptors (Lipinski definition) is 3. The lowest BCUT2D eigenvalue weighted by atomic mass is 10.3. The van der Waals surface area contributed by atoms with Gasteiger partial charge in [0.2, 0.25) is 0 Å². The molecule has 2 N–H and O–H groups in total. The van der Waals surface area contributed by atoms with Gasteiger partial charge in [-0.1, -0.05) is 0 Å². The van der Waals surface area contributed by atoms with Crippen LogP contribution in [0.3, 0.4) is 0 Å². The van der Waals surface area contributed by atoms with Crippen LogP contribution >= 0.6 is 0 Å². The molecular weight excluding hydrogens is 170 g/mol. The summed E-state index contributed by atoms with van der Waals surface area (Å²) < 4.78 is 1.93. The molecule has 2 rings (SSSR count). The number of carbonyl (C=O) groups is 1. The third kappa shape index (κ3) is 1.49. The Morgan fingerprint density at radius 1 is 1.77 bits per heavy atom. The third-order valence-corrected chi connectivity index (χ3v) is 2.11. The van der Waals surface area contributed by atoms with Crippen molar-refractivity contribution in [1.82, 2.24) is 9.55 Å². The van der Waals surface area contributed by atoms with E-state index in [4.69, 9.17) is 5.11 Å². The molecule has 0 unspecified atom stereocenters. The highest BCUT2D eigenvalue weighted by atomic mass is 16.4. The zero-order valence-corrected chi connectivity index (χ0v) is 7.16. The SMILES string of the molecule is O=C(O)Cc1ncc2n1CCCN2. The number of aliphatic carboxylic acids is 1. The summed E-state index contributed by atoms with van der Waals surface area (Å²) in [6.45, 7) is 1.81. The molecule has 1 aliphatic heterocycles. The number of fused-ring (bicyclic) bond motifs is 1. The van der Waals surface area contributed by atoms with Crippen LogP contribution in [-0.2, 0) is 17.8 Å². The van der Waals surface area contributed by atoms with Gasteiger partial charge < -0.3 is 15.0 Å². The summed E-state index contributed by atoms with van der Waals surface area (Å²) in [6.07, 6.45) is 2.72. The quantitative estimate of drug-likeness (QED) is 0.689. The molecule has 0 saturated heterocycles. The van der Waals surface area contributed by atoms with Crippen LogP contribution in [0.25, 0.3) is 0 Å². The fourth-order valence-corrected chi connectivity index (χ4v) is 1.53. The topological polar surface area (TPSA) is 67.1 Å². The molecule has 0 fully saturated rings. The fourth-order valence-electron chi connectivity index (χ4n) is 1.53. The van der Waals surface area contributed by atoms with Crippen molar-refractivity contribution in [2.24, 2.45) is 0 Å². The monoisotopic (exact) mass is 181 g/mol. The second-order valence-corrected chi connectivity index (χ2v) is 3.06. The van der Waals surface area contributed by atoms with Crippen LogP contribution in [0.1, 0.15) is 12.2 Å². The zero-order valence-electron chi connectivity index (χ0n) is 7.16. The van der Waals surface area contributed by atoms with Gasteiger partial charge in [-0.15, -0.1) is 0 Å². The van der Waals surface area contributed by atoms with E-state index >= 15 is 0 Å². The molecule has 0 atom stereocenters. The summed E-state index contributed by atoms with van der Waals surface area (Å²) in [4.78, 5) is 14.5. The number of imidazole rings is 1. The van der Waals surface area contributed by atoms with E-state index in [1.807, 2.05) is 4.57 Å². The van der Waals surface area contributed by atoms with E-state index in [2.05, 4.69) is 10.3 Å². The molecule has 2 heterocycles. The standard InChI is InChI=1S/C8H11N3O2/c12-8(13)4-6-10-5-7-9-2-1-3-11(6)7/h5,9H,1-4H2,(H,12,13). The van der Waals surface area contributed by atoms with Crippen molar-refractivity contribution in [3.63, 3.8) is 0 Å². The maximum atomic E-state index is 10.5. The van der Waals surface area contributed by atoms with Crippen LogP contribution in [0.2, 0.25) is 0 Å². The molecule has 5 nitrogen and oxygen atoms in total. The van der Waals surface area contributed by atoms with Gasteiger partial charge in [0.05, 0.1) is 6.20 Å². The average Bonchev–Trinajstić information content (AvgIpc) is 2.48. The van der Waals surface area contributed by atoms with Gasteiger partial charge in [0.1, 0.15) is 18.1 Å². The van der Waals surface area contributed by atoms with Gasteiger partial charge >= 0.3 is 5.97 Å². The first-order valence-electron chi connectivity index (χ1n) is 4.27. The van der Waals surface area contributed by atoms with Crippen LogP contribution in [-0.4, -0.2) is 27.2 Å². The van der Waals surface area contributed by atoms with E-state index in [0.29, 0.717) is 5.82 Å². The number of carboxylic acid groups (broad SMARTS) is 1. The van der Waals surface area contributed by atoms with Gasteiger partial charge in [-0.25, -0.2) is 4.98 Å². The molecule has 0 radical (unpaired) electrons. The highest BCUT2D eigenvalue weighted by Crippen LogP contribution is 2.16. The highest BCUT2D eigenvalue weighted by Gasteiger charge is 2.14. The van der Waals surface area contributed by atoms with Crippen molar-refractivity contribution in [2.75, 3.05) is 11.9 Å². The predicted molar refractivity (Wildman–Crippen MR) is 46.7 cm³/mol. The molecule has 0 saturated carbocycles. The number of carboxylic acids is 1. The molecule has 5 heteroatoms. The Kier molecular flexibility index (Phi) is 1.92. The summed E-state index contributed by atoms with van der Waals surface area (Å²) in [6, 6.07) is 0. The van der Waals surface area contributed by atoms with Crippen LogP contribution in [0.15, 0.2) is 6.20 Å². The van der Waals surface area contributed by atoms with Crippen molar-refractivity contribution in [1.29, 1.82) is 0 Å². The van der Waals surface area contributed by atoms with Crippen LogP contribution in [0.5, 0.6) is 0 Å². The summed E-state index contributed by atoms with van der Waals surface area (Å²) >= 11 is 0. The molecule has 70 valence electrons. The van der Waals surface area contributed by atoms with E-state index < -0.39 is 5.97 Å². The minimum absolute atomic E-state index is 0.00167. The number of nitrogens with one attached hydrogen (secondary N) is 1. The Morgan fingerprint density at radius 2 is 2.62 bits per heavy atom. The Balaban J connectivity index is 2.26. The number of anilines is 1. The predicted octanol–water partition coefficient (Wildman–Crippen LogP) is 0.326. The molecule has 13 heavy (non-hydrogen) atoms. The largest absolute Gasteiger partial charge is 0.481 e. The second-order valence-electron chi connectivity index (χ2n) is 3.06. The first kappa shape index (κ1) is 8.10. The summed E-state index contributed by atoms with van der Waals surface area (Å²) in [5.41, 5.74) is 0. The lowest BCUT2D eigenvalue weighted by Gasteiger charge is -2.17. The van der Waals surface area contributed by atoms with Crippen LogP contribution in [0.4, 0.5) is 5.82 Å². The Morgan fingerprint density at radius 3 is 3.38 bits per heavy atom. The fraction of sp³-hybridized carbons (Fsp3) is 0.500. The van der Waals surface area contributed by atoms with E-state index in [0.717, 1.165) is 25.3 Å². The van der Waals surface area contributed by atoms with Gasteiger partial charge in [-0.05, 0) is 6.42 Å². The normalized spacial score (nSPS) is 14.8. The molecule has 1 aliphatic rings. The number of aromatic nitrogens is 2. The second kappa shape index (κ2) is 3.08. The zero-order chi connectivity index (χ0) is 9.26. The molecule has 1 aromatic heterocycles. The molecular formula is C8H11N3O2. The smallest absolute Gasteiger partial charge is 0.311 e. The highest BCUT2D eigenvalue weighted by molar-refractivity contribution is 5.69. The summed E-state index contributed by atoms with van der Waals surface area (Å²) in [7, 11) is 0. The molecule has 0 bridgehead atoms. The van der Waals surface area contributed by atoms with Crippen molar-refractivity contribution >= 4 is 11.8 Å². The molecule has 0 spiro atoms. The minimum atomic E-state index is -0.834. The van der Waals surface area contributed by atoms with Gasteiger partial charge in [-0.2, -0.15) is 0 Å². The molecule has 1 aromatic rings. The van der Waals surface area contributed by atoms with Crippen molar-refractivity contribution in [3.05, 3.63) is 12.0 Å². The molecule has 0 aromatic carbocycles. The third-order valence-electron chi connectivity index (χ3n) is 2.11. The van der Waals surface area contributed by atoms with Gasteiger partial charge in [0, 0.05) is 13.1 Å². The first-order valence-corrected chi connectivity index (χ1v) is 4.27. The molecule has 0 amide bonds. The minimum Gasteiger partial charge on any atom is -0.481 e.